The topological polar surface area (TPSA) is 33.3 Å². The maximum Gasteiger partial charge on any atom is 0.137 e. The molecule has 0 aromatic heterocycles. The highest BCUT2D eigenvalue weighted by atomic mass is 16.1. The molecule has 2 atom stereocenters. The van der Waals surface area contributed by atoms with Gasteiger partial charge in [0.05, 0.1) is 12.1 Å². The summed E-state index contributed by atoms with van der Waals surface area (Å²) in [4.78, 5) is 26.6. The normalized spacial score (nSPS) is 30.3. The molecule has 188 valence electrons. The SMILES string of the molecule is CC(=O)C(CN1CCC(N2CCCC2)CC1)C(N1CCCC1)N1CCC(N2CCCC2)CC1. The van der Waals surface area contributed by atoms with Gasteiger partial charge >= 0.3 is 0 Å². The second-order valence-corrected chi connectivity index (χ2v) is 11.7. The Morgan fingerprint density at radius 1 is 0.636 bits per heavy atom. The Bertz CT molecular complexity index is 610. The Hall–Kier alpha value is -0.530. The Kier molecular flexibility index (Phi) is 8.40. The van der Waals surface area contributed by atoms with E-state index in [-0.39, 0.29) is 5.92 Å². The van der Waals surface area contributed by atoms with E-state index in [0.717, 1.165) is 18.6 Å². The lowest BCUT2D eigenvalue weighted by molar-refractivity contribution is -0.128. The fourth-order valence-electron chi connectivity index (χ4n) is 7.65. The van der Waals surface area contributed by atoms with Gasteiger partial charge in [-0.25, -0.2) is 0 Å². The van der Waals surface area contributed by atoms with Crippen LogP contribution in [0.3, 0.4) is 0 Å². The summed E-state index contributed by atoms with van der Waals surface area (Å²) < 4.78 is 0. The number of hydrogen-bond donors (Lipinski definition) is 0. The van der Waals surface area contributed by atoms with Crippen LogP contribution in [0.2, 0.25) is 0 Å². The molecule has 6 heteroatoms. The molecule has 2 unspecified atom stereocenters. The van der Waals surface area contributed by atoms with Crippen LogP contribution in [0.4, 0.5) is 0 Å². The van der Waals surface area contributed by atoms with Crippen LogP contribution in [0.25, 0.3) is 0 Å². The van der Waals surface area contributed by atoms with Crippen molar-refractivity contribution in [1.82, 2.24) is 24.5 Å². The van der Waals surface area contributed by atoms with Gasteiger partial charge in [-0.3, -0.25) is 14.6 Å². The molecule has 5 heterocycles. The predicted octanol–water partition coefficient (Wildman–Crippen LogP) is 2.73. The summed E-state index contributed by atoms with van der Waals surface area (Å²) in [5, 5.41) is 0. The van der Waals surface area contributed by atoms with Crippen molar-refractivity contribution < 1.29 is 4.79 Å². The number of piperidine rings is 2. The Morgan fingerprint density at radius 3 is 1.55 bits per heavy atom. The Balaban J connectivity index is 1.21. The number of carbonyl (C=O) groups is 1. The number of carbonyl (C=O) groups excluding carboxylic acids is 1. The minimum atomic E-state index is 0.134. The van der Waals surface area contributed by atoms with Crippen LogP contribution in [-0.4, -0.2) is 121 Å². The van der Waals surface area contributed by atoms with Crippen LogP contribution in [0.5, 0.6) is 0 Å². The van der Waals surface area contributed by atoms with E-state index < -0.39 is 0 Å². The molecule has 0 saturated carbocycles. The van der Waals surface area contributed by atoms with E-state index in [0.29, 0.717) is 11.9 Å². The third kappa shape index (κ3) is 5.83. The maximum atomic E-state index is 13.1. The minimum absolute atomic E-state index is 0.134. The molecule has 0 radical (unpaired) electrons. The van der Waals surface area contributed by atoms with Crippen LogP contribution in [-0.2, 0) is 4.79 Å². The van der Waals surface area contributed by atoms with E-state index in [1.807, 2.05) is 6.92 Å². The number of hydrogen-bond acceptors (Lipinski definition) is 6. The molecule has 0 aliphatic carbocycles. The van der Waals surface area contributed by atoms with Gasteiger partial charge in [0.15, 0.2) is 0 Å². The van der Waals surface area contributed by atoms with Crippen molar-refractivity contribution >= 4 is 5.78 Å². The Labute approximate surface area is 202 Å². The highest BCUT2D eigenvalue weighted by Crippen LogP contribution is 2.29. The first-order valence-corrected chi connectivity index (χ1v) is 14.4. The monoisotopic (exact) mass is 459 g/mol. The van der Waals surface area contributed by atoms with Gasteiger partial charge in [-0.05, 0) is 123 Å². The third-order valence-electron chi connectivity index (χ3n) is 9.60. The highest BCUT2D eigenvalue weighted by Gasteiger charge is 2.40. The Morgan fingerprint density at radius 2 is 1.06 bits per heavy atom. The minimum Gasteiger partial charge on any atom is -0.302 e. The molecule has 0 amide bonds. The summed E-state index contributed by atoms with van der Waals surface area (Å²) >= 11 is 0. The fraction of sp³-hybridized carbons (Fsp3) is 0.963. The van der Waals surface area contributed by atoms with E-state index in [1.165, 1.54) is 130 Å². The van der Waals surface area contributed by atoms with Crippen LogP contribution >= 0.6 is 0 Å². The fourth-order valence-corrected chi connectivity index (χ4v) is 7.65. The smallest absolute Gasteiger partial charge is 0.137 e. The predicted molar refractivity (Wildman–Crippen MR) is 134 cm³/mol. The molecule has 5 aliphatic heterocycles. The number of rotatable bonds is 8. The molecular weight excluding hydrogens is 410 g/mol. The number of Topliss-reactive ketones (excluding diaryl/α,β-unsaturated/α-hetero) is 1. The van der Waals surface area contributed by atoms with Gasteiger partial charge in [0, 0.05) is 31.7 Å². The zero-order valence-corrected chi connectivity index (χ0v) is 21.3. The molecular formula is C27H49N5O. The van der Waals surface area contributed by atoms with Crippen molar-refractivity contribution in [1.29, 1.82) is 0 Å². The average molecular weight is 460 g/mol. The van der Waals surface area contributed by atoms with Gasteiger partial charge in [-0.1, -0.05) is 0 Å². The second kappa shape index (κ2) is 11.5. The molecule has 5 saturated heterocycles. The van der Waals surface area contributed by atoms with E-state index >= 15 is 0 Å². The average Bonchev–Trinajstić information content (AvgIpc) is 3.63. The molecule has 0 spiro atoms. The molecule has 0 aromatic carbocycles. The van der Waals surface area contributed by atoms with E-state index in [9.17, 15) is 4.79 Å². The molecule has 0 N–H and O–H groups in total. The first-order chi connectivity index (χ1) is 16.2. The van der Waals surface area contributed by atoms with Crippen molar-refractivity contribution in [3.05, 3.63) is 0 Å². The lowest BCUT2D eigenvalue weighted by atomic mass is 9.93. The third-order valence-corrected chi connectivity index (χ3v) is 9.60. The molecule has 5 aliphatic rings. The molecule has 5 rings (SSSR count). The summed E-state index contributed by atoms with van der Waals surface area (Å²) in [5.74, 6) is 0.546. The molecule has 6 nitrogen and oxygen atoms in total. The second-order valence-electron chi connectivity index (χ2n) is 11.7. The molecule has 0 bridgehead atoms. The first kappa shape index (κ1) is 24.2. The lowest BCUT2D eigenvalue weighted by Gasteiger charge is -2.47. The zero-order valence-electron chi connectivity index (χ0n) is 21.3. The van der Waals surface area contributed by atoms with Gasteiger partial charge < -0.3 is 14.7 Å². The van der Waals surface area contributed by atoms with Crippen molar-refractivity contribution in [3.8, 4) is 0 Å². The van der Waals surface area contributed by atoms with Gasteiger partial charge in [0.2, 0.25) is 0 Å². The largest absolute Gasteiger partial charge is 0.302 e. The van der Waals surface area contributed by atoms with Crippen LogP contribution in [0.15, 0.2) is 0 Å². The van der Waals surface area contributed by atoms with Crippen LogP contribution < -0.4 is 0 Å². The van der Waals surface area contributed by atoms with E-state index in [4.69, 9.17) is 0 Å². The molecule has 0 aromatic rings. The van der Waals surface area contributed by atoms with Gasteiger partial charge in [0.25, 0.3) is 0 Å². The summed E-state index contributed by atoms with van der Waals surface area (Å²) in [6.07, 6.45) is 13.6. The highest BCUT2D eigenvalue weighted by molar-refractivity contribution is 5.79. The molecule has 33 heavy (non-hydrogen) atoms. The van der Waals surface area contributed by atoms with E-state index in [1.54, 1.807) is 0 Å². The number of likely N-dealkylation sites (tertiary alicyclic amines) is 5. The van der Waals surface area contributed by atoms with Gasteiger partial charge in [-0.2, -0.15) is 0 Å². The summed E-state index contributed by atoms with van der Waals surface area (Å²) in [7, 11) is 0. The van der Waals surface area contributed by atoms with Gasteiger partial charge in [0.1, 0.15) is 5.78 Å². The zero-order chi connectivity index (χ0) is 22.6. The lowest BCUT2D eigenvalue weighted by Crippen LogP contribution is -2.59. The van der Waals surface area contributed by atoms with Crippen LogP contribution in [0.1, 0.15) is 71.1 Å². The number of ketones is 1. The summed E-state index contributed by atoms with van der Waals surface area (Å²) in [5.41, 5.74) is 0. The van der Waals surface area contributed by atoms with Crippen molar-refractivity contribution in [2.45, 2.75) is 89.4 Å². The quantitative estimate of drug-likeness (QED) is 0.555. The van der Waals surface area contributed by atoms with Crippen molar-refractivity contribution in [3.63, 3.8) is 0 Å². The maximum absolute atomic E-state index is 13.1. The van der Waals surface area contributed by atoms with Crippen molar-refractivity contribution in [2.75, 3.05) is 72.0 Å². The standard InChI is InChI=1S/C27H49N5O/c1-23(33)26(22-28-18-8-24(9-19-28)29-12-2-3-13-29)27(31-16-6-7-17-31)32-20-10-25(11-21-32)30-14-4-5-15-30/h24-27H,2-22H2,1H3. The van der Waals surface area contributed by atoms with Crippen LogP contribution in [0, 0.1) is 5.92 Å². The summed E-state index contributed by atoms with van der Waals surface area (Å²) in [6, 6.07) is 1.57. The van der Waals surface area contributed by atoms with E-state index in [2.05, 4.69) is 24.5 Å². The summed E-state index contributed by atoms with van der Waals surface area (Å²) in [6.45, 7) is 15.1. The number of nitrogens with zero attached hydrogens (tertiary/aromatic N) is 5. The molecule has 5 fully saturated rings. The van der Waals surface area contributed by atoms with Gasteiger partial charge in [-0.15, -0.1) is 0 Å². The first-order valence-electron chi connectivity index (χ1n) is 14.4. The van der Waals surface area contributed by atoms with Crippen molar-refractivity contribution in [2.24, 2.45) is 5.92 Å².